The Morgan fingerprint density at radius 2 is 1.86 bits per heavy atom. The van der Waals surface area contributed by atoms with Gasteiger partial charge in [0, 0.05) is 21.2 Å². The molecule has 0 aliphatic rings. The summed E-state index contributed by atoms with van der Waals surface area (Å²) in [6.45, 7) is -0.158. The summed E-state index contributed by atoms with van der Waals surface area (Å²) in [5.74, 6) is -0.315. The average molecular weight is 301 g/mol. The Labute approximate surface area is 126 Å². The van der Waals surface area contributed by atoms with Crippen LogP contribution in [0.1, 0.15) is 17.2 Å². The van der Waals surface area contributed by atoms with Crippen LogP contribution in [0.15, 0.2) is 54.6 Å². The molecule has 4 nitrogen and oxygen atoms in total. The zero-order chi connectivity index (χ0) is 14.8. The van der Waals surface area contributed by atoms with Crippen LogP contribution in [0, 0.1) is 10.1 Å². The molecule has 1 heterocycles. The summed E-state index contributed by atoms with van der Waals surface area (Å²) < 4.78 is 0. The van der Waals surface area contributed by atoms with E-state index >= 15 is 0 Å². The zero-order valence-corrected chi connectivity index (χ0v) is 11.9. The molecule has 0 aliphatic heterocycles. The van der Waals surface area contributed by atoms with Gasteiger partial charge in [-0.1, -0.05) is 41.9 Å². The summed E-state index contributed by atoms with van der Waals surface area (Å²) in [7, 11) is 0. The molecule has 0 amide bonds. The topological polar surface area (TPSA) is 58.9 Å². The lowest BCUT2D eigenvalue weighted by atomic mass is 9.96. The number of halogens is 1. The van der Waals surface area contributed by atoms with Crippen molar-refractivity contribution < 1.29 is 4.92 Å². The van der Waals surface area contributed by atoms with Crippen LogP contribution in [0.2, 0.25) is 5.02 Å². The maximum atomic E-state index is 11.0. The van der Waals surface area contributed by atoms with Crippen LogP contribution in [0.5, 0.6) is 0 Å². The van der Waals surface area contributed by atoms with Crippen molar-refractivity contribution >= 4 is 22.5 Å². The van der Waals surface area contributed by atoms with Gasteiger partial charge < -0.3 is 4.98 Å². The third-order valence-corrected chi connectivity index (χ3v) is 3.78. The van der Waals surface area contributed by atoms with Crippen LogP contribution in [0.4, 0.5) is 0 Å². The number of benzene rings is 2. The molecule has 0 spiro atoms. The summed E-state index contributed by atoms with van der Waals surface area (Å²) >= 11 is 5.89. The van der Waals surface area contributed by atoms with Gasteiger partial charge in [-0.25, -0.2) is 0 Å². The molecule has 3 aromatic rings. The van der Waals surface area contributed by atoms with Gasteiger partial charge >= 0.3 is 0 Å². The van der Waals surface area contributed by atoms with E-state index in [4.69, 9.17) is 11.6 Å². The minimum absolute atomic E-state index is 0.158. The van der Waals surface area contributed by atoms with Gasteiger partial charge in [-0.3, -0.25) is 10.1 Å². The maximum absolute atomic E-state index is 11.0. The van der Waals surface area contributed by atoms with Crippen molar-refractivity contribution in [2.45, 2.75) is 5.92 Å². The van der Waals surface area contributed by atoms with E-state index in [1.807, 2.05) is 42.5 Å². The van der Waals surface area contributed by atoms with Crippen molar-refractivity contribution in [3.05, 3.63) is 81.0 Å². The predicted molar refractivity (Wildman–Crippen MR) is 83.5 cm³/mol. The molecule has 3 rings (SSSR count). The van der Waals surface area contributed by atoms with E-state index in [2.05, 4.69) is 4.98 Å². The number of nitrogens with one attached hydrogen (secondary N) is 1. The lowest BCUT2D eigenvalue weighted by molar-refractivity contribution is -0.481. The van der Waals surface area contributed by atoms with Gasteiger partial charge in [-0.15, -0.1) is 0 Å². The number of nitrogens with zero attached hydrogens (tertiary/aromatic N) is 1. The van der Waals surface area contributed by atoms with Crippen molar-refractivity contribution in [3.63, 3.8) is 0 Å². The van der Waals surface area contributed by atoms with Crippen molar-refractivity contribution in [2.24, 2.45) is 0 Å². The molecule has 0 radical (unpaired) electrons. The lowest BCUT2D eigenvalue weighted by Gasteiger charge is -2.12. The molecule has 5 heteroatoms. The Morgan fingerprint density at radius 1 is 1.14 bits per heavy atom. The fourth-order valence-electron chi connectivity index (χ4n) is 2.51. The molecular weight excluding hydrogens is 288 g/mol. The summed E-state index contributed by atoms with van der Waals surface area (Å²) in [6, 6.07) is 17.0. The van der Waals surface area contributed by atoms with Gasteiger partial charge in [0.15, 0.2) is 0 Å². The van der Waals surface area contributed by atoms with E-state index in [9.17, 15) is 10.1 Å². The number of hydrogen-bond acceptors (Lipinski definition) is 2. The second-order valence-corrected chi connectivity index (χ2v) is 5.37. The molecule has 1 aromatic heterocycles. The fourth-order valence-corrected chi connectivity index (χ4v) is 2.64. The van der Waals surface area contributed by atoms with Crippen LogP contribution in [0.25, 0.3) is 10.9 Å². The van der Waals surface area contributed by atoms with E-state index < -0.39 is 0 Å². The molecular formula is C16H13ClN2O2. The Kier molecular flexibility index (Phi) is 3.62. The number of aromatic amines is 1. The maximum Gasteiger partial charge on any atom is 0.216 e. The number of aromatic nitrogens is 1. The van der Waals surface area contributed by atoms with Gasteiger partial charge in [-0.05, 0) is 35.2 Å². The number of hydrogen-bond donors (Lipinski definition) is 1. The average Bonchev–Trinajstić information content (AvgIpc) is 2.89. The van der Waals surface area contributed by atoms with Crippen LogP contribution >= 0.6 is 11.6 Å². The van der Waals surface area contributed by atoms with Gasteiger partial charge in [0.05, 0.1) is 5.92 Å². The van der Waals surface area contributed by atoms with Gasteiger partial charge in [0.2, 0.25) is 6.54 Å². The van der Waals surface area contributed by atoms with Crippen molar-refractivity contribution in [1.82, 2.24) is 4.98 Å². The molecule has 0 unspecified atom stereocenters. The van der Waals surface area contributed by atoms with Crippen LogP contribution < -0.4 is 0 Å². The molecule has 0 aliphatic carbocycles. The first kappa shape index (κ1) is 13.6. The molecule has 106 valence electrons. The minimum Gasteiger partial charge on any atom is -0.358 e. The first-order valence-corrected chi connectivity index (χ1v) is 6.96. The smallest absolute Gasteiger partial charge is 0.216 e. The lowest BCUT2D eigenvalue weighted by Crippen LogP contribution is -2.14. The monoisotopic (exact) mass is 300 g/mol. The summed E-state index contributed by atoms with van der Waals surface area (Å²) in [5.41, 5.74) is 2.70. The number of H-pyrrole nitrogens is 1. The van der Waals surface area contributed by atoms with E-state index in [1.165, 1.54) is 0 Å². The quantitative estimate of drug-likeness (QED) is 0.579. The van der Waals surface area contributed by atoms with Crippen molar-refractivity contribution in [2.75, 3.05) is 6.54 Å². The second kappa shape index (κ2) is 5.58. The third-order valence-electron chi connectivity index (χ3n) is 3.53. The van der Waals surface area contributed by atoms with E-state index in [-0.39, 0.29) is 17.4 Å². The Balaban J connectivity index is 2.05. The zero-order valence-electron chi connectivity index (χ0n) is 11.1. The van der Waals surface area contributed by atoms with E-state index in [1.54, 1.807) is 12.1 Å². The highest BCUT2D eigenvalue weighted by Crippen LogP contribution is 2.28. The molecule has 1 atom stereocenters. The highest BCUT2D eigenvalue weighted by molar-refractivity contribution is 6.30. The third kappa shape index (κ3) is 2.90. The van der Waals surface area contributed by atoms with Gasteiger partial charge in [0.1, 0.15) is 0 Å². The van der Waals surface area contributed by atoms with E-state index in [0.717, 1.165) is 22.2 Å². The van der Waals surface area contributed by atoms with E-state index in [0.29, 0.717) is 5.02 Å². The first-order chi connectivity index (χ1) is 10.1. The van der Waals surface area contributed by atoms with Crippen molar-refractivity contribution in [3.8, 4) is 0 Å². The Hall–Kier alpha value is -2.33. The normalized spacial score (nSPS) is 12.4. The standard InChI is InChI=1S/C16H13ClN2O2/c17-13-7-5-11(6-8-13)14(10-19(20)21)16-9-12-3-1-2-4-15(12)18-16/h1-9,14,18H,10H2/t14-/m0/s1. The number of nitro groups is 1. The molecule has 1 N–H and O–H groups in total. The molecule has 0 saturated carbocycles. The molecule has 0 bridgehead atoms. The van der Waals surface area contributed by atoms with Gasteiger partial charge in [-0.2, -0.15) is 0 Å². The van der Waals surface area contributed by atoms with Crippen LogP contribution in [-0.4, -0.2) is 16.5 Å². The van der Waals surface area contributed by atoms with Crippen molar-refractivity contribution in [1.29, 1.82) is 0 Å². The largest absolute Gasteiger partial charge is 0.358 e. The molecule has 0 saturated heterocycles. The number of para-hydroxylation sites is 1. The van der Waals surface area contributed by atoms with Gasteiger partial charge in [0.25, 0.3) is 0 Å². The van der Waals surface area contributed by atoms with Crippen LogP contribution in [0.3, 0.4) is 0 Å². The Bertz CT molecular complexity index is 747. The number of rotatable bonds is 4. The molecule has 2 aromatic carbocycles. The summed E-state index contributed by atoms with van der Waals surface area (Å²) in [4.78, 5) is 14.0. The summed E-state index contributed by atoms with van der Waals surface area (Å²) in [5, 5.41) is 12.7. The highest BCUT2D eigenvalue weighted by Gasteiger charge is 2.22. The molecule has 0 fully saturated rings. The fraction of sp³-hybridized carbons (Fsp3) is 0.125. The predicted octanol–water partition coefficient (Wildman–Crippen LogP) is 4.23. The Morgan fingerprint density at radius 3 is 2.52 bits per heavy atom. The van der Waals surface area contributed by atoms with Crippen LogP contribution in [-0.2, 0) is 0 Å². The minimum atomic E-state index is -0.315. The highest BCUT2D eigenvalue weighted by atomic mass is 35.5. The number of fused-ring (bicyclic) bond motifs is 1. The second-order valence-electron chi connectivity index (χ2n) is 4.93. The molecule has 21 heavy (non-hydrogen) atoms. The first-order valence-electron chi connectivity index (χ1n) is 6.58. The SMILES string of the molecule is O=[N+]([O-])C[C@@H](c1ccc(Cl)cc1)c1cc2ccccc2[nH]1. The summed E-state index contributed by atoms with van der Waals surface area (Å²) in [6.07, 6.45) is 0.